The number of ether oxygens (including phenoxy) is 1. The first-order chi connectivity index (χ1) is 13.4. The van der Waals surface area contributed by atoms with Gasteiger partial charge in [-0.15, -0.1) is 5.10 Å². The Bertz CT molecular complexity index is 1160. The Morgan fingerprint density at radius 1 is 1.14 bits per heavy atom. The molecule has 0 spiro atoms. The first kappa shape index (κ1) is 18.0. The van der Waals surface area contributed by atoms with Crippen LogP contribution in [0.3, 0.4) is 0 Å². The molecule has 3 heterocycles. The third-order valence-electron chi connectivity index (χ3n) is 4.36. The fraction of sp³-hybridized carbons (Fsp3) is 0.222. The second-order valence-electron chi connectivity index (χ2n) is 6.16. The zero-order chi connectivity index (χ0) is 19.9. The molecule has 0 aliphatic rings. The summed E-state index contributed by atoms with van der Waals surface area (Å²) in [4.78, 5) is 12.3. The van der Waals surface area contributed by atoms with Crippen molar-refractivity contribution in [2.75, 3.05) is 12.4 Å². The lowest BCUT2D eigenvalue weighted by molar-refractivity contribution is -0.138. The smallest absolute Gasteiger partial charge is 0.408 e. The van der Waals surface area contributed by atoms with Crippen LogP contribution in [0.15, 0.2) is 43.0 Å². The van der Waals surface area contributed by atoms with E-state index in [4.69, 9.17) is 4.74 Å². The van der Waals surface area contributed by atoms with E-state index in [0.29, 0.717) is 11.4 Å². The molecular weight excluding hydrogens is 373 g/mol. The second-order valence-corrected chi connectivity index (χ2v) is 6.16. The normalized spacial score (nSPS) is 13.0. The third kappa shape index (κ3) is 3.17. The van der Waals surface area contributed by atoms with Gasteiger partial charge in [-0.25, -0.2) is 19.5 Å². The standard InChI is InChI=1S/C18H15F3N6O/c1-10(18(19,20)21)25-17-22-8-15-12(5-6-27(15)26-17)11-3-4-14-13(7-11)16(28-2)24-9-23-14/h3-10H,1-2H3,(H,25,26)/t10-/m1/s1. The maximum absolute atomic E-state index is 12.7. The molecular formula is C18H15F3N6O. The van der Waals surface area contributed by atoms with Crippen molar-refractivity contribution in [1.82, 2.24) is 24.6 Å². The zero-order valence-corrected chi connectivity index (χ0v) is 14.9. The highest BCUT2D eigenvalue weighted by Crippen LogP contribution is 2.31. The van der Waals surface area contributed by atoms with Crippen molar-refractivity contribution in [3.05, 3.63) is 43.0 Å². The predicted octanol–water partition coefficient (Wildman–Crippen LogP) is 3.71. The number of methoxy groups -OCH3 is 1. The van der Waals surface area contributed by atoms with Gasteiger partial charge in [0.1, 0.15) is 12.4 Å². The van der Waals surface area contributed by atoms with Crippen molar-refractivity contribution in [3.8, 4) is 17.0 Å². The summed E-state index contributed by atoms with van der Waals surface area (Å²) in [6, 6.07) is 5.69. The largest absolute Gasteiger partial charge is 0.480 e. The van der Waals surface area contributed by atoms with E-state index >= 15 is 0 Å². The van der Waals surface area contributed by atoms with Gasteiger partial charge in [0.25, 0.3) is 0 Å². The van der Waals surface area contributed by atoms with Crippen LogP contribution in [0.2, 0.25) is 0 Å². The van der Waals surface area contributed by atoms with Crippen molar-refractivity contribution in [1.29, 1.82) is 0 Å². The summed E-state index contributed by atoms with van der Waals surface area (Å²) in [5, 5.41) is 7.13. The number of nitrogens with zero attached hydrogens (tertiary/aromatic N) is 5. The Morgan fingerprint density at radius 3 is 2.71 bits per heavy atom. The number of hydrogen-bond donors (Lipinski definition) is 1. The Balaban J connectivity index is 1.73. The minimum atomic E-state index is -4.38. The van der Waals surface area contributed by atoms with Gasteiger partial charge in [-0.3, -0.25) is 0 Å². The number of nitrogens with one attached hydrogen (secondary N) is 1. The first-order valence-corrected chi connectivity index (χ1v) is 8.33. The molecule has 1 atom stereocenters. The summed E-state index contributed by atoms with van der Waals surface area (Å²) in [6.45, 7) is 1.01. The Labute approximate surface area is 157 Å². The van der Waals surface area contributed by atoms with Crippen molar-refractivity contribution in [2.45, 2.75) is 19.1 Å². The lowest BCUT2D eigenvalue weighted by Gasteiger charge is -2.16. The molecule has 0 aliphatic heterocycles. The first-order valence-electron chi connectivity index (χ1n) is 8.33. The van der Waals surface area contributed by atoms with E-state index < -0.39 is 12.2 Å². The average Bonchev–Trinajstić information content (AvgIpc) is 3.09. The molecule has 10 heteroatoms. The van der Waals surface area contributed by atoms with E-state index in [1.807, 2.05) is 24.3 Å². The molecule has 4 aromatic rings. The Morgan fingerprint density at radius 2 is 1.96 bits per heavy atom. The second kappa shape index (κ2) is 6.63. The van der Waals surface area contributed by atoms with Crippen LogP contribution in [0.4, 0.5) is 19.1 Å². The summed E-state index contributed by atoms with van der Waals surface area (Å²) < 4.78 is 44.9. The van der Waals surface area contributed by atoms with Gasteiger partial charge in [0.15, 0.2) is 0 Å². The van der Waals surface area contributed by atoms with E-state index in [1.165, 1.54) is 24.1 Å². The zero-order valence-electron chi connectivity index (χ0n) is 14.9. The molecule has 0 aliphatic carbocycles. The summed E-state index contributed by atoms with van der Waals surface area (Å²) in [6.07, 6.45) is 0.195. The van der Waals surface area contributed by atoms with Crippen LogP contribution in [0.5, 0.6) is 5.88 Å². The van der Waals surface area contributed by atoms with E-state index in [-0.39, 0.29) is 5.95 Å². The van der Waals surface area contributed by atoms with Gasteiger partial charge < -0.3 is 10.1 Å². The van der Waals surface area contributed by atoms with Crippen LogP contribution in [-0.4, -0.2) is 43.9 Å². The van der Waals surface area contributed by atoms with E-state index in [2.05, 4.69) is 25.4 Å². The van der Waals surface area contributed by atoms with Crippen LogP contribution < -0.4 is 10.1 Å². The van der Waals surface area contributed by atoms with Gasteiger partial charge in [0.05, 0.1) is 29.7 Å². The minimum Gasteiger partial charge on any atom is -0.480 e. The summed E-state index contributed by atoms with van der Waals surface area (Å²) in [5.41, 5.74) is 3.07. The lowest BCUT2D eigenvalue weighted by Crippen LogP contribution is -2.33. The predicted molar refractivity (Wildman–Crippen MR) is 97.2 cm³/mol. The Hall–Kier alpha value is -3.43. The van der Waals surface area contributed by atoms with Gasteiger partial charge in [0, 0.05) is 11.8 Å². The molecule has 0 amide bonds. The maximum Gasteiger partial charge on any atom is 0.408 e. The highest BCUT2D eigenvalue weighted by molar-refractivity contribution is 5.91. The van der Waals surface area contributed by atoms with Crippen LogP contribution in [0, 0.1) is 0 Å². The molecule has 1 N–H and O–H groups in total. The summed E-state index contributed by atoms with van der Waals surface area (Å²) in [5.74, 6) is 0.354. The highest BCUT2D eigenvalue weighted by Gasteiger charge is 2.36. The van der Waals surface area contributed by atoms with Gasteiger partial charge in [-0.2, -0.15) is 13.2 Å². The topological polar surface area (TPSA) is 77.2 Å². The summed E-state index contributed by atoms with van der Waals surface area (Å²) in [7, 11) is 1.53. The quantitative estimate of drug-likeness (QED) is 0.574. The number of anilines is 1. The Kier molecular flexibility index (Phi) is 4.25. The number of benzene rings is 1. The van der Waals surface area contributed by atoms with Crippen LogP contribution in [-0.2, 0) is 0 Å². The molecule has 0 unspecified atom stereocenters. The van der Waals surface area contributed by atoms with Crippen molar-refractivity contribution in [3.63, 3.8) is 0 Å². The molecule has 3 aromatic heterocycles. The fourth-order valence-electron chi connectivity index (χ4n) is 2.85. The van der Waals surface area contributed by atoms with E-state index in [0.717, 1.165) is 29.0 Å². The molecule has 0 bridgehead atoms. The molecule has 1 aromatic carbocycles. The van der Waals surface area contributed by atoms with Gasteiger partial charge in [-0.05, 0) is 30.7 Å². The molecule has 0 radical (unpaired) electrons. The number of hydrogen-bond acceptors (Lipinski definition) is 6. The van der Waals surface area contributed by atoms with Crippen molar-refractivity contribution >= 4 is 22.4 Å². The lowest BCUT2D eigenvalue weighted by atomic mass is 10.1. The average molecular weight is 388 g/mol. The number of alkyl halides is 3. The molecule has 7 nitrogen and oxygen atoms in total. The maximum atomic E-state index is 12.7. The number of halogens is 3. The number of aromatic nitrogens is 5. The van der Waals surface area contributed by atoms with E-state index in [9.17, 15) is 13.2 Å². The van der Waals surface area contributed by atoms with Crippen LogP contribution >= 0.6 is 0 Å². The summed E-state index contributed by atoms with van der Waals surface area (Å²) >= 11 is 0. The highest BCUT2D eigenvalue weighted by atomic mass is 19.4. The molecule has 0 saturated carbocycles. The monoisotopic (exact) mass is 388 g/mol. The fourth-order valence-corrected chi connectivity index (χ4v) is 2.85. The third-order valence-corrected chi connectivity index (χ3v) is 4.36. The molecule has 144 valence electrons. The minimum absolute atomic E-state index is 0.104. The van der Waals surface area contributed by atoms with Crippen LogP contribution in [0.1, 0.15) is 6.92 Å². The number of fused-ring (bicyclic) bond motifs is 2. The van der Waals surface area contributed by atoms with Crippen molar-refractivity contribution in [2.24, 2.45) is 0 Å². The van der Waals surface area contributed by atoms with Gasteiger partial charge in [-0.1, -0.05) is 6.07 Å². The van der Waals surface area contributed by atoms with Crippen LogP contribution in [0.25, 0.3) is 27.5 Å². The van der Waals surface area contributed by atoms with E-state index in [1.54, 1.807) is 6.20 Å². The number of rotatable bonds is 4. The SMILES string of the molecule is COc1ncnc2ccc(-c3ccn4nc(N[C@H](C)C(F)(F)F)ncc34)cc12. The van der Waals surface area contributed by atoms with Gasteiger partial charge >= 0.3 is 6.18 Å². The molecule has 0 saturated heterocycles. The van der Waals surface area contributed by atoms with Crippen molar-refractivity contribution < 1.29 is 17.9 Å². The molecule has 0 fully saturated rings. The molecule has 28 heavy (non-hydrogen) atoms. The molecule has 4 rings (SSSR count). The van der Waals surface area contributed by atoms with Gasteiger partial charge in [0.2, 0.25) is 11.8 Å².